The van der Waals surface area contributed by atoms with Crippen molar-refractivity contribution in [1.82, 2.24) is 20.1 Å². The highest BCUT2D eigenvalue weighted by Crippen LogP contribution is 2.27. The van der Waals surface area contributed by atoms with E-state index < -0.39 is 0 Å². The molecule has 2 aromatic heterocycles. The van der Waals surface area contributed by atoms with Crippen LogP contribution < -0.4 is 5.32 Å². The molecule has 0 atom stereocenters. The zero-order valence-corrected chi connectivity index (χ0v) is 14.9. The molecule has 0 saturated carbocycles. The molecule has 0 aliphatic carbocycles. The van der Waals surface area contributed by atoms with E-state index in [9.17, 15) is 4.79 Å². The lowest BCUT2D eigenvalue weighted by Gasteiger charge is -2.13. The third-order valence-corrected chi connectivity index (χ3v) is 3.93. The Balaban J connectivity index is 1.74. The molecule has 130 valence electrons. The van der Waals surface area contributed by atoms with E-state index in [1.165, 1.54) is 6.33 Å². The number of hydrogen-bond donors (Lipinski definition) is 1. The van der Waals surface area contributed by atoms with Gasteiger partial charge in [-0.1, -0.05) is 39.0 Å². The van der Waals surface area contributed by atoms with E-state index in [0.29, 0.717) is 17.1 Å². The molecule has 0 fully saturated rings. The van der Waals surface area contributed by atoms with E-state index >= 15 is 0 Å². The molecule has 1 N–H and O–H groups in total. The number of hydrogen-bond acceptors (Lipinski definition) is 4. The lowest BCUT2D eigenvalue weighted by molar-refractivity contribution is 0.0948. The van der Waals surface area contributed by atoms with Crippen LogP contribution in [-0.4, -0.2) is 20.7 Å². The molecule has 1 aromatic carbocycles. The third-order valence-electron chi connectivity index (χ3n) is 3.93. The number of aryl methyl sites for hydroxylation is 1. The molecule has 0 aliphatic heterocycles. The molecule has 3 aromatic rings. The number of carbonyl (C=O) groups excluding carboxylic acids is 1. The number of benzene rings is 1. The predicted molar refractivity (Wildman–Crippen MR) is 94.7 cm³/mol. The standard InChI is InChI=1S/C19H22N4O2/c1-13-15(10-16(25-13)19(2,3)4)18(24)20-11-17-21-12-22-23(17)14-8-6-5-7-9-14/h5-10,12H,11H2,1-4H3,(H,20,24). The van der Waals surface area contributed by atoms with E-state index in [4.69, 9.17) is 4.42 Å². The Morgan fingerprint density at radius 1 is 1.24 bits per heavy atom. The number of para-hydroxylation sites is 1. The second-order valence-electron chi connectivity index (χ2n) is 6.94. The molecule has 25 heavy (non-hydrogen) atoms. The fraction of sp³-hybridized carbons (Fsp3) is 0.316. The molecule has 1 amide bonds. The summed E-state index contributed by atoms with van der Waals surface area (Å²) in [5.74, 6) is 1.89. The SMILES string of the molecule is Cc1oc(C(C)(C)C)cc1C(=O)NCc1ncnn1-c1ccccc1. The van der Waals surface area contributed by atoms with Gasteiger partial charge in [-0.25, -0.2) is 9.67 Å². The van der Waals surface area contributed by atoms with Crippen LogP contribution in [-0.2, 0) is 12.0 Å². The highest BCUT2D eigenvalue weighted by molar-refractivity contribution is 5.95. The smallest absolute Gasteiger partial charge is 0.255 e. The molecular formula is C19H22N4O2. The summed E-state index contributed by atoms with van der Waals surface area (Å²) in [6.07, 6.45) is 1.48. The Morgan fingerprint density at radius 2 is 1.96 bits per heavy atom. The lowest BCUT2D eigenvalue weighted by Crippen LogP contribution is -2.25. The number of rotatable bonds is 4. The maximum Gasteiger partial charge on any atom is 0.255 e. The normalized spacial score (nSPS) is 11.5. The minimum atomic E-state index is -0.181. The molecule has 0 bridgehead atoms. The van der Waals surface area contributed by atoms with Gasteiger partial charge < -0.3 is 9.73 Å². The number of furan rings is 1. The van der Waals surface area contributed by atoms with Crippen molar-refractivity contribution in [3.05, 3.63) is 65.6 Å². The second-order valence-corrected chi connectivity index (χ2v) is 6.94. The van der Waals surface area contributed by atoms with Crippen molar-refractivity contribution in [3.8, 4) is 5.69 Å². The van der Waals surface area contributed by atoms with Gasteiger partial charge in [-0.3, -0.25) is 4.79 Å². The summed E-state index contributed by atoms with van der Waals surface area (Å²) in [6, 6.07) is 11.5. The quantitative estimate of drug-likeness (QED) is 0.791. The van der Waals surface area contributed by atoms with Crippen LogP contribution in [0.2, 0.25) is 0 Å². The summed E-state index contributed by atoms with van der Waals surface area (Å²) < 4.78 is 7.45. The Kier molecular flexibility index (Phi) is 4.44. The van der Waals surface area contributed by atoms with Crippen molar-refractivity contribution < 1.29 is 9.21 Å². The number of nitrogens with zero attached hydrogens (tertiary/aromatic N) is 3. The molecule has 0 unspecified atom stereocenters. The second kappa shape index (κ2) is 6.55. The monoisotopic (exact) mass is 338 g/mol. The van der Waals surface area contributed by atoms with Crippen LogP contribution in [0.1, 0.15) is 48.5 Å². The Morgan fingerprint density at radius 3 is 2.60 bits per heavy atom. The molecular weight excluding hydrogens is 316 g/mol. The van der Waals surface area contributed by atoms with Gasteiger partial charge in [-0.2, -0.15) is 5.10 Å². The first-order valence-electron chi connectivity index (χ1n) is 8.19. The average Bonchev–Trinajstić information content (AvgIpc) is 3.19. The summed E-state index contributed by atoms with van der Waals surface area (Å²) in [5, 5.41) is 7.12. The minimum Gasteiger partial charge on any atom is -0.465 e. The van der Waals surface area contributed by atoms with Crippen LogP contribution >= 0.6 is 0 Å². The Bertz CT molecular complexity index is 872. The van der Waals surface area contributed by atoms with E-state index in [0.717, 1.165) is 11.4 Å². The topological polar surface area (TPSA) is 73.0 Å². The Labute approximate surface area is 146 Å². The number of amides is 1. The predicted octanol–water partition coefficient (Wildman–Crippen LogP) is 3.40. The molecule has 0 radical (unpaired) electrons. The zero-order valence-electron chi connectivity index (χ0n) is 14.9. The largest absolute Gasteiger partial charge is 0.465 e. The van der Waals surface area contributed by atoms with E-state index in [-0.39, 0.29) is 17.9 Å². The highest BCUT2D eigenvalue weighted by Gasteiger charge is 2.23. The number of aromatic nitrogens is 3. The molecule has 6 heteroatoms. The van der Waals surface area contributed by atoms with Gasteiger partial charge in [0.05, 0.1) is 17.8 Å². The van der Waals surface area contributed by atoms with E-state index in [2.05, 4.69) is 36.2 Å². The van der Waals surface area contributed by atoms with Crippen molar-refractivity contribution in [1.29, 1.82) is 0 Å². The maximum absolute atomic E-state index is 12.5. The molecule has 3 rings (SSSR count). The maximum atomic E-state index is 12.5. The van der Waals surface area contributed by atoms with Crippen LogP contribution in [0.15, 0.2) is 47.1 Å². The van der Waals surface area contributed by atoms with Crippen LogP contribution in [0.4, 0.5) is 0 Å². The van der Waals surface area contributed by atoms with Gasteiger partial charge in [0.1, 0.15) is 17.8 Å². The van der Waals surface area contributed by atoms with E-state index in [1.54, 1.807) is 11.6 Å². The van der Waals surface area contributed by atoms with Gasteiger partial charge in [0.15, 0.2) is 5.82 Å². The molecule has 6 nitrogen and oxygen atoms in total. The summed E-state index contributed by atoms with van der Waals surface area (Å²) in [4.78, 5) is 16.8. The highest BCUT2D eigenvalue weighted by atomic mass is 16.3. The van der Waals surface area contributed by atoms with Gasteiger partial charge in [-0.15, -0.1) is 0 Å². The van der Waals surface area contributed by atoms with Crippen LogP contribution in [0.3, 0.4) is 0 Å². The minimum absolute atomic E-state index is 0.142. The average molecular weight is 338 g/mol. The molecule has 0 aliphatic rings. The van der Waals surface area contributed by atoms with Crippen LogP contribution in [0.5, 0.6) is 0 Å². The van der Waals surface area contributed by atoms with Crippen molar-refractivity contribution in [2.45, 2.75) is 39.7 Å². The first kappa shape index (κ1) is 17.0. The van der Waals surface area contributed by atoms with Crippen molar-refractivity contribution >= 4 is 5.91 Å². The van der Waals surface area contributed by atoms with Crippen LogP contribution in [0, 0.1) is 6.92 Å². The fourth-order valence-corrected chi connectivity index (χ4v) is 2.50. The van der Waals surface area contributed by atoms with Gasteiger partial charge >= 0.3 is 0 Å². The molecule has 0 spiro atoms. The van der Waals surface area contributed by atoms with Crippen LogP contribution in [0.25, 0.3) is 5.69 Å². The lowest BCUT2D eigenvalue weighted by atomic mass is 9.93. The molecule has 0 saturated heterocycles. The van der Waals surface area contributed by atoms with Gasteiger partial charge in [0.25, 0.3) is 5.91 Å². The summed E-state index contributed by atoms with van der Waals surface area (Å²) >= 11 is 0. The first-order chi connectivity index (χ1) is 11.9. The first-order valence-corrected chi connectivity index (χ1v) is 8.19. The molecule has 2 heterocycles. The van der Waals surface area contributed by atoms with Gasteiger partial charge in [0, 0.05) is 5.41 Å². The Hall–Kier alpha value is -2.89. The van der Waals surface area contributed by atoms with Gasteiger partial charge in [0.2, 0.25) is 0 Å². The van der Waals surface area contributed by atoms with E-state index in [1.807, 2.05) is 36.4 Å². The number of carbonyl (C=O) groups is 1. The summed E-state index contributed by atoms with van der Waals surface area (Å²) in [6.45, 7) is 8.24. The van der Waals surface area contributed by atoms with Crippen molar-refractivity contribution in [2.75, 3.05) is 0 Å². The van der Waals surface area contributed by atoms with Crippen molar-refractivity contribution in [3.63, 3.8) is 0 Å². The number of nitrogens with one attached hydrogen (secondary N) is 1. The fourth-order valence-electron chi connectivity index (χ4n) is 2.50. The van der Waals surface area contributed by atoms with Crippen molar-refractivity contribution in [2.24, 2.45) is 0 Å². The third kappa shape index (κ3) is 3.63. The summed E-state index contributed by atoms with van der Waals surface area (Å²) in [7, 11) is 0. The van der Waals surface area contributed by atoms with Gasteiger partial charge in [-0.05, 0) is 25.1 Å². The summed E-state index contributed by atoms with van der Waals surface area (Å²) in [5.41, 5.74) is 1.31. The zero-order chi connectivity index (χ0) is 18.0.